The van der Waals surface area contributed by atoms with Gasteiger partial charge in [0.15, 0.2) is 0 Å². The highest BCUT2D eigenvalue weighted by Crippen LogP contribution is 2.26. The number of pyridine rings is 1. The smallest absolute Gasteiger partial charge is 0.323 e. The van der Waals surface area contributed by atoms with Crippen LogP contribution >= 0.6 is 11.6 Å². The normalized spacial score (nSPS) is 17.6. The van der Waals surface area contributed by atoms with E-state index in [9.17, 15) is 14.0 Å². The van der Waals surface area contributed by atoms with Crippen LogP contribution in [0.2, 0.25) is 5.02 Å². The fraction of sp³-hybridized carbons (Fsp3) is 0.333. The summed E-state index contributed by atoms with van der Waals surface area (Å²) in [5.41, 5.74) is 0.615. The summed E-state index contributed by atoms with van der Waals surface area (Å²) < 4.78 is 22.1. The van der Waals surface area contributed by atoms with Gasteiger partial charge in [0, 0.05) is 56.3 Å². The highest BCUT2D eigenvalue weighted by molar-refractivity contribution is 6.30. The summed E-state index contributed by atoms with van der Waals surface area (Å²) in [6, 6.07) is 6.32. The lowest BCUT2D eigenvalue weighted by molar-refractivity contribution is -0.119. The van der Waals surface area contributed by atoms with E-state index in [4.69, 9.17) is 16.3 Å². The van der Waals surface area contributed by atoms with Crippen molar-refractivity contribution in [3.63, 3.8) is 0 Å². The van der Waals surface area contributed by atoms with Gasteiger partial charge in [-0.25, -0.2) is 19.2 Å². The average molecular weight is 501 g/mol. The van der Waals surface area contributed by atoms with Crippen LogP contribution in [-0.4, -0.2) is 57.2 Å². The molecule has 3 aromatic rings. The molecule has 0 radical (unpaired) electrons. The van der Waals surface area contributed by atoms with Gasteiger partial charge in [0.05, 0.1) is 16.8 Å². The van der Waals surface area contributed by atoms with Gasteiger partial charge in [-0.2, -0.15) is 0 Å². The highest BCUT2D eigenvalue weighted by atomic mass is 35.5. The molecular formula is C24H26ClFN6O3. The van der Waals surface area contributed by atoms with E-state index in [0.29, 0.717) is 16.5 Å². The maximum atomic E-state index is 15.0. The summed E-state index contributed by atoms with van der Waals surface area (Å²) in [5.74, 6) is 0.141. The molecule has 2 aromatic heterocycles. The second-order valence-corrected chi connectivity index (χ2v) is 8.95. The molecule has 4 rings (SSSR count). The zero-order chi connectivity index (χ0) is 25.1. The van der Waals surface area contributed by atoms with Crippen LogP contribution in [0.15, 0.2) is 48.9 Å². The molecule has 3 amide bonds. The summed E-state index contributed by atoms with van der Waals surface area (Å²) in [4.78, 5) is 35.7. The molecule has 2 atom stereocenters. The van der Waals surface area contributed by atoms with Gasteiger partial charge in [0.25, 0.3) is 0 Å². The van der Waals surface area contributed by atoms with Gasteiger partial charge < -0.3 is 19.5 Å². The van der Waals surface area contributed by atoms with Crippen molar-refractivity contribution in [2.75, 3.05) is 24.3 Å². The molecule has 11 heteroatoms. The number of imidazole rings is 1. The van der Waals surface area contributed by atoms with Crippen LogP contribution in [0.1, 0.15) is 32.0 Å². The standard InChI is InChI=1S/C24H26ClFN6O3/c1-14(2)22-27-8-9-31(22)16-5-6-19(18(26)10-16)29-23(33)20-11-17(35-3)13-32(20)24(34)30-21-7-4-15(25)12-28-21/h4-10,12,14,17,20H,11,13H2,1-3H3,(H,29,33)(H,28,30,34)/t17-,20-/m1/s1. The molecule has 35 heavy (non-hydrogen) atoms. The second kappa shape index (κ2) is 10.4. The number of carbonyl (C=O) groups is 2. The number of nitrogens with one attached hydrogen (secondary N) is 2. The lowest BCUT2D eigenvalue weighted by atomic mass is 10.1. The predicted octanol–water partition coefficient (Wildman–Crippen LogP) is 4.44. The quantitative estimate of drug-likeness (QED) is 0.521. The van der Waals surface area contributed by atoms with Crippen molar-refractivity contribution in [3.05, 3.63) is 65.6 Å². The molecule has 0 bridgehead atoms. The highest BCUT2D eigenvalue weighted by Gasteiger charge is 2.40. The molecule has 1 fully saturated rings. The van der Waals surface area contributed by atoms with E-state index in [0.717, 1.165) is 5.82 Å². The number of anilines is 2. The fourth-order valence-electron chi connectivity index (χ4n) is 4.00. The van der Waals surface area contributed by atoms with E-state index >= 15 is 0 Å². The van der Waals surface area contributed by atoms with Crippen molar-refractivity contribution in [3.8, 4) is 5.69 Å². The van der Waals surface area contributed by atoms with Crippen molar-refractivity contribution in [2.45, 2.75) is 38.3 Å². The zero-order valence-corrected chi connectivity index (χ0v) is 20.3. The maximum absolute atomic E-state index is 15.0. The van der Waals surface area contributed by atoms with E-state index in [1.165, 1.54) is 30.3 Å². The number of halogens is 2. The first kappa shape index (κ1) is 24.6. The van der Waals surface area contributed by atoms with E-state index in [1.807, 2.05) is 13.8 Å². The van der Waals surface area contributed by atoms with Gasteiger partial charge in [0.2, 0.25) is 5.91 Å². The Kier molecular flexibility index (Phi) is 7.32. The van der Waals surface area contributed by atoms with Gasteiger partial charge in [-0.3, -0.25) is 10.1 Å². The molecule has 1 saturated heterocycles. The molecule has 1 aliphatic heterocycles. The minimum absolute atomic E-state index is 0.0190. The largest absolute Gasteiger partial charge is 0.380 e. The van der Waals surface area contributed by atoms with Crippen molar-refractivity contribution in [1.29, 1.82) is 0 Å². The van der Waals surface area contributed by atoms with Gasteiger partial charge in [-0.15, -0.1) is 0 Å². The molecule has 0 unspecified atom stereocenters. The molecule has 0 spiro atoms. The summed E-state index contributed by atoms with van der Waals surface area (Å²) in [7, 11) is 1.52. The van der Waals surface area contributed by atoms with Crippen molar-refractivity contribution in [1.82, 2.24) is 19.4 Å². The van der Waals surface area contributed by atoms with Crippen LogP contribution in [0.4, 0.5) is 20.7 Å². The Balaban J connectivity index is 1.49. The Morgan fingerprint density at radius 2 is 2.00 bits per heavy atom. The molecule has 0 saturated carbocycles. The number of nitrogens with zero attached hydrogens (tertiary/aromatic N) is 4. The van der Waals surface area contributed by atoms with Crippen LogP contribution in [0, 0.1) is 5.82 Å². The molecule has 1 aliphatic rings. The number of ether oxygens (including phenoxy) is 1. The second-order valence-electron chi connectivity index (χ2n) is 8.52. The monoisotopic (exact) mass is 500 g/mol. The van der Waals surface area contributed by atoms with Crippen LogP contribution < -0.4 is 10.6 Å². The zero-order valence-electron chi connectivity index (χ0n) is 19.5. The molecule has 184 valence electrons. The first-order valence-corrected chi connectivity index (χ1v) is 11.5. The molecule has 2 N–H and O–H groups in total. The Bertz CT molecular complexity index is 1220. The Hall–Kier alpha value is -3.50. The molecule has 1 aromatic carbocycles. The Labute approximate surface area is 207 Å². The van der Waals surface area contributed by atoms with E-state index in [-0.39, 0.29) is 30.7 Å². The van der Waals surface area contributed by atoms with Crippen LogP contribution in [0.5, 0.6) is 0 Å². The van der Waals surface area contributed by atoms with Crippen molar-refractivity contribution < 1.29 is 18.7 Å². The number of hydrogen-bond donors (Lipinski definition) is 2. The lowest BCUT2D eigenvalue weighted by Gasteiger charge is -2.24. The average Bonchev–Trinajstić information content (AvgIpc) is 3.49. The van der Waals surface area contributed by atoms with E-state index < -0.39 is 23.8 Å². The first-order valence-electron chi connectivity index (χ1n) is 11.1. The SMILES string of the molecule is CO[C@@H]1C[C@H](C(=O)Nc2ccc(-n3ccnc3C(C)C)cc2F)N(C(=O)Nc2ccc(Cl)cn2)C1. The predicted molar refractivity (Wildman–Crippen MR) is 130 cm³/mol. The van der Waals surface area contributed by atoms with Gasteiger partial charge >= 0.3 is 6.03 Å². The van der Waals surface area contributed by atoms with Crippen molar-refractivity contribution in [2.24, 2.45) is 0 Å². The fourth-order valence-corrected chi connectivity index (χ4v) is 4.12. The molecular weight excluding hydrogens is 475 g/mol. The summed E-state index contributed by atoms with van der Waals surface area (Å²) in [5, 5.41) is 5.70. The van der Waals surface area contributed by atoms with E-state index in [1.54, 1.807) is 35.2 Å². The molecule has 0 aliphatic carbocycles. The van der Waals surface area contributed by atoms with Crippen molar-refractivity contribution >= 4 is 35.0 Å². The lowest BCUT2D eigenvalue weighted by Crippen LogP contribution is -2.45. The molecule has 3 heterocycles. The molecule has 9 nitrogen and oxygen atoms in total. The van der Waals surface area contributed by atoms with Gasteiger partial charge in [-0.1, -0.05) is 25.4 Å². The third kappa shape index (κ3) is 5.44. The Morgan fingerprint density at radius 3 is 2.66 bits per heavy atom. The van der Waals surface area contributed by atoms with E-state index in [2.05, 4.69) is 20.6 Å². The number of hydrogen-bond acceptors (Lipinski definition) is 5. The van der Waals surface area contributed by atoms with Crippen LogP contribution in [-0.2, 0) is 9.53 Å². The number of benzene rings is 1. The summed E-state index contributed by atoms with van der Waals surface area (Å²) >= 11 is 5.84. The number of aromatic nitrogens is 3. The first-order chi connectivity index (χ1) is 16.8. The third-order valence-electron chi connectivity index (χ3n) is 5.80. The van der Waals surface area contributed by atoms with Gasteiger partial charge in [-0.05, 0) is 24.3 Å². The van der Waals surface area contributed by atoms with Gasteiger partial charge in [0.1, 0.15) is 23.5 Å². The summed E-state index contributed by atoms with van der Waals surface area (Å²) in [6.45, 7) is 4.21. The third-order valence-corrected chi connectivity index (χ3v) is 6.02. The maximum Gasteiger partial charge on any atom is 0.323 e. The number of methoxy groups -OCH3 is 1. The number of amides is 3. The topological polar surface area (TPSA) is 101 Å². The van der Waals surface area contributed by atoms with Crippen LogP contribution in [0.25, 0.3) is 5.69 Å². The number of rotatable bonds is 6. The number of likely N-dealkylation sites (tertiary alicyclic amines) is 1. The number of urea groups is 1. The summed E-state index contributed by atoms with van der Waals surface area (Å²) in [6.07, 6.45) is 4.77. The minimum atomic E-state index is -0.854. The minimum Gasteiger partial charge on any atom is -0.380 e. The van der Waals surface area contributed by atoms with Crippen LogP contribution in [0.3, 0.4) is 0 Å². The Morgan fingerprint density at radius 1 is 1.20 bits per heavy atom. The number of carbonyl (C=O) groups excluding carboxylic acids is 2.